The summed E-state index contributed by atoms with van der Waals surface area (Å²) in [6, 6.07) is 4.83. The van der Waals surface area contributed by atoms with E-state index in [2.05, 4.69) is 10.6 Å². The SMILES string of the molecule is CC1=C(C(=O)OC2CCCCCCC2)[C@H](c2ccccc2F)NC(=O)N1. The summed E-state index contributed by atoms with van der Waals surface area (Å²) in [5.74, 6) is -0.961. The molecule has 1 aliphatic heterocycles. The third kappa shape index (κ3) is 4.23. The van der Waals surface area contributed by atoms with Crippen LogP contribution in [0.25, 0.3) is 0 Å². The molecule has 1 aliphatic carbocycles. The van der Waals surface area contributed by atoms with Gasteiger partial charge in [0.2, 0.25) is 0 Å². The summed E-state index contributed by atoms with van der Waals surface area (Å²) in [6.07, 6.45) is 7.21. The van der Waals surface area contributed by atoms with Crippen LogP contribution < -0.4 is 10.6 Å². The molecule has 2 N–H and O–H groups in total. The highest BCUT2D eigenvalue weighted by molar-refractivity contribution is 5.95. The number of nitrogens with one attached hydrogen (secondary N) is 2. The molecule has 3 rings (SSSR count). The van der Waals surface area contributed by atoms with Gasteiger partial charge in [0.05, 0.1) is 11.6 Å². The molecule has 1 aromatic rings. The van der Waals surface area contributed by atoms with Crippen LogP contribution >= 0.6 is 0 Å². The highest BCUT2D eigenvalue weighted by atomic mass is 19.1. The Balaban J connectivity index is 1.83. The molecule has 1 aromatic carbocycles. The molecule has 1 saturated carbocycles. The lowest BCUT2D eigenvalue weighted by Crippen LogP contribution is -2.46. The second kappa shape index (κ2) is 8.34. The zero-order valence-electron chi connectivity index (χ0n) is 15.0. The van der Waals surface area contributed by atoms with Gasteiger partial charge in [0.25, 0.3) is 0 Å². The lowest BCUT2D eigenvalue weighted by molar-refractivity contribution is -0.145. The van der Waals surface area contributed by atoms with E-state index in [0.29, 0.717) is 5.70 Å². The maximum atomic E-state index is 14.3. The smallest absolute Gasteiger partial charge is 0.338 e. The number of halogens is 1. The Hall–Kier alpha value is -2.37. The summed E-state index contributed by atoms with van der Waals surface area (Å²) in [4.78, 5) is 24.8. The molecule has 0 unspecified atom stereocenters. The van der Waals surface area contributed by atoms with E-state index in [4.69, 9.17) is 4.74 Å². The number of esters is 1. The molecule has 2 aliphatic rings. The molecular weight excluding hydrogens is 335 g/mol. The highest BCUT2D eigenvalue weighted by Gasteiger charge is 2.34. The Kier molecular flexibility index (Phi) is 5.91. The summed E-state index contributed by atoms with van der Waals surface area (Å²) in [5, 5.41) is 5.24. The number of carbonyl (C=O) groups is 2. The minimum atomic E-state index is -0.856. The van der Waals surface area contributed by atoms with Crippen molar-refractivity contribution in [2.75, 3.05) is 0 Å². The van der Waals surface area contributed by atoms with Crippen LogP contribution in [0.5, 0.6) is 0 Å². The lowest BCUT2D eigenvalue weighted by atomic mass is 9.94. The second-order valence-corrected chi connectivity index (χ2v) is 6.96. The van der Waals surface area contributed by atoms with Crippen molar-refractivity contribution in [3.05, 3.63) is 46.9 Å². The van der Waals surface area contributed by atoms with Crippen LogP contribution in [0.4, 0.5) is 9.18 Å². The van der Waals surface area contributed by atoms with E-state index >= 15 is 0 Å². The van der Waals surface area contributed by atoms with Crippen LogP contribution in [0, 0.1) is 5.82 Å². The number of ether oxygens (including phenoxy) is 1. The summed E-state index contributed by atoms with van der Waals surface area (Å²) < 4.78 is 20.0. The van der Waals surface area contributed by atoms with Gasteiger partial charge < -0.3 is 15.4 Å². The van der Waals surface area contributed by atoms with E-state index < -0.39 is 23.9 Å². The zero-order valence-corrected chi connectivity index (χ0v) is 15.0. The van der Waals surface area contributed by atoms with Gasteiger partial charge in [-0.2, -0.15) is 0 Å². The molecule has 0 spiro atoms. The standard InChI is InChI=1S/C20H25FN2O3/c1-13-17(19(24)26-14-9-5-3-2-4-6-10-14)18(23-20(25)22-13)15-11-7-8-12-16(15)21/h7-8,11-12,14,18H,2-6,9-10H2,1H3,(H2,22,23,25)/t18-/m0/s1. The molecule has 5 nitrogen and oxygen atoms in total. The summed E-state index contributed by atoms with van der Waals surface area (Å²) in [7, 11) is 0. The molecule has 0 aromatic heterocycles. The van der Waals surface area contributed by atoms with Gasteiger partial charge in [-0.3, -0.25) is 0 Å². The largest absolute Gasteiger partial charge is 0.459 e. The maximum Gasteiger partial charge on any atom is 0.338 e. The van der Waals surface area contributed by atoms with Gasteiger partial charge in [-0.25, -0.2) is 14.0 Å². The van der Waals surface area contributed by atoms with Crippen LogP contribution in [0.2, 0.25) is 0 Å². The molecule has 1 heterocycles. The number of rotatable bonds is 3. The number of benzene rings is 1. The number of hydrogen-bond acceptors (Lipinski definition) is 3. The second-order valence-electron chi connectivity index (χ2n) is 6.96. The normalized spacial score (nSPS) is 22.1. The van der Waals surface area contributed by atoms with Crippen molar-refractivity contribution in [3.63, 3.8) is 0 Å². The third-order valence-electron chi connectivity index (χ3n) is 5.03. The van der Waals surface area contributed by atoms with Gasteiger partial charge in [0.15, 0.2) is 0 Å². The summed E-state index contributed by atoms with van der Waals surface area (Å²) in [5.41, 5.74) is 0.918. The molecule has 0 saturated heterocycles. The van der Waals surface area contributed by atoms with E-state index in [1.165, 1.54) is 12.5 Å². The first-order valence-electron chi connectivity index (χ1n) is 9.30. The molecule has 26 heavy (non-hydrogen) atoms. The van der Waals surface area contributed by atoms with Crippen molar-refractivity contribution >= 4 is 12.0 Å². The van der Waals surface area contributed by atoms with Crippen LogP contribution in [-0.2, 0) is 9.53 Å². The Labute approximate surface area is 153 Å². The van der Waals surface area contributed by atoms with Gasteiger partial charge in [0, 0.05) is 11.3 Å². The predicted molar refractivity (Wildman–Crippen MR) is 95.7 cm³/mol. The van der Waals surface area contributed by atoms with Gasteiger partial charge in [-0.05, 0) is 38.7 Å². The molecule has 0 bridgehead atoms. The first kappa shape index (κ1) is 18.4. The van der Waals surface area contributed by atoms with Crippen LogP contribution in [0.3, 0.4) is 0 Å². The first-order valence-corrected chi connectivity index (χ1v) is 9.30. The monoisotopic (exact) mass is 360 g/mol. The predicted octanol–water partition coefficient (Wildman–Crippen LogP) is 4.11. The fourth-order valence-corrected chi connectivity index (χ4v) is 3.66. The topological polar surface area (TPSA) is 67.4 Å². The van der Waals surface area contributed by atoms with Crippen molar-refractivity contribution in [2.45, 2.75) is 64.0 Å². The number of urea groups is 1. The fraction of sp³-hybridized carbons (Fsp3) is 0.500. The third-order valence-corrected chi connectivity index (χ3v) is 5.03. The average molecular weight is 360 g/mol. The number of amides is 2. The minimum absolute atomic E-state index is 0.123. The van der Waals surface area contributed by atoms with Gasteiger partial charge >= 0.3 is 12.0 Å². The Morgan fingerprint density at radius 1 is 1.12 bits per heavy atom. The molecule has 1 atom stereocenters. The highest BCUT2D eigenvalue weighted by Crippen LogP contribution is 2.30. The fourth-order valence-electron chi connectivity index (χ4n) is 3.66. The Morgan fingerprint density at radius 3 is 2.46 bits per heavy atom. The number of carbonyl (C=O) groups excluding carboxylic acids is 2. The van der Waals surface area contributed by atoms with E-state index in [1.54, 1.807) is 25.1 Å². The molecule has 1 fully saturated rings. The maximum absolute atomic E-state index is 14.3. The quantitative estimate of drug-likeness (QED) is 0.797. The average Bonchev–Trinajstić information content (AvgIpc) is 2.56. The van der Waals surface area contributed by atoms with Gasteiger partial charge in [-0.15, -0.1) is 0 Å². The van der Waals surface area contributed by atoms with E-state index in [-0.39, 0.29) is 17.2 Å². The van der Waals surface area contributed by atoms with Crippen molar-refractivity contribution in [1.82, 2.24) is 10.6 Å². The van der Waals surface area contributed by atoms with Crippen LogP contribution in [-0.4, -0.2) is 18.1 Å². The molecule has 2 amide bonds. The minimum Gasteiger partial charge on any atom is -0.459 e. The summed E-state index contributed by atoms with van der Waals surface area (Å²) >= 11 is 0. The molecular formula is C20H25FN2O3. The van der Waals surface area contributed by atoms with E-state index in [9.17, 15) is 14.0 Å². The molecule has 0 radical (unpaired) electrons. The van der Waals surface area contributed by atoms with Crippen LogP contribution in [0.1, 0.15) is 63.5 Å². The van der Waals surface area contributed by atoms with Crippen molar-refractivity contribution in [2.24, 2.45) is 0 Å². The van der Waals surface area contributed by atoms with E-state index in [1.807, 2.05) is 0 Å². The first-order chi connectivity index (χ1) is 12.6. The van der Waals surface area contributed by atoms with E-state index in [0.717, 1.165) is 38.5 Å². The van der Waals surface area contributed by atoms with Crippen molar-refractivity contribution in [1.29, 1.82) is 0 Å². The Morgan fingerprint density at radius 2 is 1.77 bits per heavy atom. The Bertz CT molecular complexity index is 709. The zero-order chi connectivity index (χ0) is 18.5. The van der Waals surface area contributed by atoms with Crippen LogP contribution in [0.15, 0.2) is 35.5 Å². The van der Waals surface area contributed by atoms with Gasteiger partial charge in [0.1, 0.15) is 11.9 Å². The molecule has 6 heteroatoms. The van der Waals surface area contributed by atoms with Gasteiger partial charge in [-0.1, -0.05) is 37.5 Å². The lowest BCUT2D eigenvalue weighted by Gasteiger charge is -2.29. The summed E-state index contributed by atoms with van der Waals surface area (Å²) in [6.45, 7) is 1.64. The van der Waals surface area contributed by atoms with Crippen molar-refractivity contribution in [3.8, 4) is 0 Å². The molecule has 140 valence electrons. The van der Waals surface area contributed by atoms with Crippen molar-refractivity contribution < 1.29 is 18.7 Å². The number of hydrogen-bond donors (Lipinski definition) is 2. The number of allylic oxidation sites excluding steroid dienone is 1.